The molecule has 0 amide bonds. The molecule has 2 heterocycles. The van der Waals surface area contributed by atoms with Gasteiger partial charge in [-0.25, -0.2) is 0 Å². The first-order valence-electron chi connectivity index (χ1n) is 27.5. The highest BCUT2D eigenvalue weighted by Crippen LogP contribution is 2.72. The Kier molecular flexibility index (Phi) is 14.2. The number of carbonyl (C=O) groups is 2. The smallest absolute Gasteiger partial charge is 0.168 e. The number of hydrogen-bond acceptors (Lipinski definition) is 6. The van der Waals surface area contributed by atoms with E-state index in [1.54, 1.807) is 13.8 Å². The van der Waals surface area contributed by atoms with E-state index in [-0.39, 0.29) is 24.4 Å². The molecule has 0 radical (unpaired) electrons. The summed E-state index contributed by atoms with van der Waals surface area (Å²) in [5.41, 5.74) is 4.84. The molecule has 0 aromatic rings. The van der Waals surface area contributed by atoms with Gasteiger partial charge in [-0.3, -0.25) is 0 Å². The van der Waals surface area contributed by atoms with Crippen LogP contribution in [0.15, 0.2) is 24.3 Å². The number of fused-ring (bicyclic) bond motifs is 10. The van der Waals surface area contributed by atoms with Crippen molar-refractivity contribution in [2.24, 2.45) is 98.1 Å². The van der Waals surface area contributed by atoms with E-state index in [9.17, 15) is 9.59 Å². The molecule has 0 aromatic heterocycles. The second-order valence-corrected chi connectivity index (χ2v) is 27.2. The Bertz CT molecular complexity index is 1810. The van der Waals surface area contributed by atoms with Crippen molar-refractivity contribution in [2.75, 3.05) is 26.4 Å². The van der Waals surface area contributed by atoms with Crippen molar-refractivity contribution >= 4 is 11.6 Å². The van der Waals surface area contributed by atoms with Crippen LogP contribution in [0.25, 0.3) is 0 Å². The fraction of sp³-hybridized carbons (Fsp3) is 0.900. The van der Waals surface area contributed by atoms with E-state index in [1.807, 2.05) is 0 Å². The Morgan fingerprint density at radius 2 is 0.924 bits per heavy atom. The SMILES string of the molecule is C.C=C1C[C@H]2CC3(CC[C@]2(C)[C@H]2CC[C@]4(C)[C@@H]([C@H](C)CCC(C)=O)CC[C@H]4[C@H]12)OCC(C)(C)CO3.C=C1C[C@H]2CC3(CC[C@]2(C)[C@H]2CC[C@]4(C)[C@@H]([C@H](C)CCC(C)=O)CC[C@H]4[C@H]12)OCCO3. The lowest BCUT2D eigenvalue weighted by molar-refractivity contribution is -0.328. The fourth-order valence-electron chi connectivity index (χ4n) is 19.1. The summed E-state index contributed by atoms with van der Waals surface area (Å²) in [5, 5.41) is 0. The van der Waals surface area contributed by atoms with Crippen molar-refractivity contribution < 1.29 is 28.5 Å². The van der Waals surface area contributed by atoms with Crippen molar-refractivity contribution in [1.82, 2.24) is 0 Å². The number of Topliss-reactive ketones (excluding diaryl/α,β-unsaturated/α-hetero) is 2. The van der Waals surface area contributed by atoms with Crippen molar-refractivity contribution in [3.63, 3.8) is 0 Å². The molecule has 374 valence electrons. The van der Waals surface area contributed by atoms with Gasteiger partial charge in [0.2, 0.25) is 0 Å². The quantitative estimate of drug-likeness (QED) is 0.226. The molecule has 16 atom stereocenters. The van der Waals surface area contributed by atoms with Crippen LogP contribution >= 0.6 is 0 Å². The van der Waals surface area contributed by atoms with Gasteiger partial charge in [-0.1, -0.05) is 87.1 Å². The summed E-state index contributed by atoms with van der Waals surface area (Å²) in [6.45, 7) is 35.9. The molecule has 0 bridgehead atoms. The number of ether oxygens (including phenoxy) is 4. The molecule has 6 nitrogen and oxygen atoms in total. The first-order valence-corrected chi connectivity index (χ1v) is 27.5. The van der Waals surface area contributed by atoms with Gasteiger partial charge in [0, 0.05) is 43.9 Å². The molecule has 10 fully saturated rings. The van der Waals surface area contributed by atoms with Gasteiger partial charge in [-0.15, -0.1) is 0 Å². The van der Waals surface area contributed by atoms with E-state index in [0.717, 1.165) is 120 Å². The van der Waals surface area contributed by atoms with Gasteiger partial charge in [0.25, 0.3) is 0 Å². The summed E-state index contributed by atoms with van der Waals surface area (Å²) >= 11 is 0. The monoisotopic (exact) mass is 915 g/mol. The van der Waals surface area contributed by atoms with Gasteiger partial charge in [-0.05, 0) is 196 Å². The van der Waals surface area contributed by atoms with Crippen LogP contribution in [0.1, 0.15) is 205 Å². The molecule has 2 aliphatic heterocycles. The lowest BCUT2D eigenvalue weighted by Crippen LogP contribution is -2.59. The largest absolute Gasteiger partial charge is 0.349 e. The first kappa shape index (κ1) is 51.0. The summed E-state index contributed by atoms with van der Waals surface area (Å²) in [4.78, 5) is 23.2. The Morgan fingerprint density at radius 3 is 1.32 bits per heavy atom. The van der Waals surface area contributed by atoms with E-state index >= 15 is 0 Å². The van der Waals surface area contributed by atoms with Crippen molar-refractivity contribution in [3.05, 3.63) is 24.3 Å². The first-order chi connectivity index (χ1) is 30.6. The van der Waals surface area contributed by atoms with E-state index in [4.69, 9.17) is 32.1 Å². The molecule has 66 heavy (non-hydrogen) atoms. The van der Waals surface area contributed by atoms with Crippen LogP contribution in [0.3, 0.4) is 0 Å². The highest BCUT2D eigenvalue weighted by atomic mass is 16.7. The molecule has 8 saturated carbocycles. The maximum atomic E-state index is 11.6. The lowest BCUT2D eigenvalue weighted by Gasteiger charge is -2.63. The molecular weight excluding hydrogens is 817 g/mol. The average molecular weight is 915 g/mol. The van der Waals surface area contributed by atoms with Gasteiger partial charge in [0.15, 0.2) is 11.6 Å². The lowest BCUT2D eigenvalue weighted by atomic mass is 9.43. The third-order valence-electron chi connectivity index (χ3n) is 23.0. The van der Waals surface area contributed by atoms with Crippen LogP contribution in [-0.2, 0) is 28.5 Å². The van der Waals surface area contributed by atoms with Gasteiger partial charge in [0.05, 0.1) is 26.4 Å². The van der Waals surface area contributed by atoms with Crippen LogP contribution < -0.4 is 0 Å². The highest BCUT2D eigenvalue weighted by molar-refractivity contribution is 5.75. The van der Waals surface area contributed by atoms with Crippen LogP contribution in [0.5, 0.6) is 0 Å². The zero-order chi connectivity index (χ0) is 46.5. The van der Waals surface area contributed by atoms with Crippen LogP contribution in [0.2, 0.25) is 0 Å². The fourth-order valence-corrected chi connectivity index (χ4v) is 19.1. The van der Waals surface area contributed by atoms with Crippen molar-refractivity contribution in [1.29, 1.82) is 0 Å². The maximum absolute atomic E-state index is 11.6. The summed E-state index contributed by atoms with van der Waals surface area (Å²) in [6, 6.07) is 0. The Balaban J connectivity index is 0.000000177. The van der Waals surface area contributed by atoms with E-state index in [2.05, 4.69) is 55.4 Å². The molecule has 0 aromatic carbocycles. The van der Waals surface area contributed by atoms with E-state index < -0.39 is 0 Å². The molecule has 0 unspecified atom stereocenters. The van der Waals surface area contributed by atoms with Crippen LogP contribution in [0, 0.1) is 98.1 Å². The number of hydrogen-bond donors (Lipinski definition) is 0. The molecule has 8 aliphatic carbocycles. The molecule has 6 heteroatoms. The number of allylic oxidation sites excluding steroid dienone is 2. The molecule has 10 rings (SSSR count). The number of carbonyl (C=O) groups excluding carboxylic acids is 2. The topological polar surface area (TPSA) is 71.1 Å². The second kappa shape index (κ2) is 18.4. The minimum absolute atomic E-state index is 0. The molecule has 0 N–H and O–H groups in total. The zero-order valence-electron chi connectivity index (χ0n) is 43.3. The molecular formula is C60H98O6. The van der Waals surface area contributed by atoms with E-state index in [0.29, 0.717) is 68.7 Å². The van der Waals surface area contributed by atoms with Crippen LogP contribution in [0.4, 0.5) is 0 Å². The summed E-state index contributed by atoms with van der Waals surface area (Å²) in [5.74, 6) is 8.68. The predicted octanol–water partition coefficient (Wildman–Crippen LogP) is 14.8. The van der Waals surface area contributed by atoms with Crippen molar-refractivity contribution in [3.8, 4) is 0 Å². The minimum Gasteiger partial charge on any atom is -0.349 e. The Hall–Kier alpha value is -1.34. The zero-order valence-corrected chi connectivity index (χ0v) is 43.3. The summed E-state index contributed by atoms with van der Waals surface area (Å²) in [6.07, 6.45) is 23.5. The predicted molar refractivity (Wildman–Crippen MR) is 267 cm³/mol. The average Bonchev–Trinajstić information content (AvgIpc) is 3.97. The Morgan fingerprint density at radius 1 is 0.545 bits per heavy atom. The van der Waals surface area contributed by atoms with Gasteiger partial charge >= 0.3 is 0 Å². The molecule has 2 spiro atoms. The number of rotatable bonds is 8. The van der Waals surface area contributed by atoms with Crippen LogP contribution in [-0.4, -0.2) is 49.6 Å². The highest BCUT2D eigenvalue weighted by Gasteiger charge is 2.65. The van der Waals surface area contributed by atoms with E-state index in [1.165, 1.54) is 81.8 Å². The molecule has 10 aliphatic rings. The Labute approximate surface area is 404 Å². The summed E-state index contributed by atoms with van der Waals surface area (Å²) in [7, 11) is 0. The van der Waals surface area contributed by atoms with Gasteiger partial charge in [-0.2, -0.15) is 0 Å². The molecule has 2 saturated heterocycles. The normalized spacial score (nSPS) is 45.7. The number of ketones is 2. The minimum atomic E-state index is -0.347. The second-order valence-electron chi connectivity index (χ2n) is 27.2. The maximum Gasteiger partial charge on any atom is 0.168 e. The standard InChI is InChI=1S/C31H50O3.C28H44O3.CH4/c1-20(8-9-22(3)32)24-10-11-25-27-21(2)16-23-17-31(33-18-28(4,5)19-34-31)15-14-29(23,6)26(27)12-13-30(24,25)7;1-18(6-7-20(3)29)22-8-9-23-25-19(2)16-21-17-28(30-14-15-31-28)13-12-26(21,4)24(25)10-11-27(22,23)5;/h20,23-27H,2,8-19H2,1,3-7H3;18,21-25H,2,6-17H2,1,3-5H3;1H4/t20-,23+,24-,25+,26+,27+,29+,30-;18-,21+,22-,23+,24+,25+,26+,27-;/m11./s1. The van der Waals surface area contributed by atoms with Crippen molar-refractivity contribution in [2.45, 2.75) is 217 Å². The third-order valence-corrected chi connectivity index (χ3v) is 23.0. The van der Waals surface area contributed by atoms with Gasteiger partial charge in [0.1, 0.15) is 11.6 Å². The third kappa shape index (κ3) is 8.68. The summed E-state index contributed by atoms with van der Waals surface area (Å²) < 4.78 is 25.2. The van der Waals surface area contributed by atoms with Gasteiger partial charge < -0.3 is 28.5 Å².